The molecule has 27 heavy (non-hydrogen) atoms. The van der Waals surface area contributed by atoms with Crippen molar-refractivity contribution in [2.45, 2.75) is 6.92 Å². The molecule has 2 aromatic carbocycles. The van der Waals surface area contributed by atoms with Crippen molar-refractivity contribution in [3.63, 3.8) is 0 Å². The van der Waals surface area contributed by atoms with Crippen LogP contribution in [0.5, 0.6) is 0 Å². The summed E-state index contributed by atoms with van der Waals surface area (Å²) in [5.74, 6) is 1.02. The molecular formula is C18H11ClN4O4. The summed E-state index contributed by atoms with van der Waals surface area (Å²) in [7, 11) is 0. The van der Waals surface area contributed by atoms with Gasteiger partial charge in [-0.3, -0.25) is 10.1 Å². The van der Waals surface area contributed by atoms with Crippen molar-refractivity contribution in [3.05, 3.63) is 69.4 Å². The zero-order valence-electron chi connectivity index (χ0n) is 13.9. The Bertz CT molecular complexity index is 1130. The Labute approximate surface area is 157 Å². The molecule has 8 nitrogen and oxygen atoms in total. The van der Waals surface area contributed by atoms with Crippen molar-refractivity contribution in [3.8, 4) is 34.1 Å². The molecule has 2 aromatic heterocycles. The molecule has 4 aromatic rings. The second-order valence-corrected chi connectivity index (χ2v) is 6.08. The molecular weight excluding hydrogens is 372 g/mol. The quantitative estimate of drug-likeness (QED) is 0.363. The van der Waals surface area contributed by atoms with E-state index < -0.39 is 4.92 Å². The Morgan fingerprint density at radius 1 is 1.04 bits per heavy atom. The zero-order chi connectivity index (χ0) is 19.0. The highest BCUT2D eigenvalue weighted by Crippen LogP contribution is 2.37. The van der Waals surface area contributed by atoms with E-state index >= 15 is 0 Å². The van der Waals surface area contributed by atoms with E-state index in [1.54, 1.807) is 25.1 Å². The highest BCUT2D eigenvalue weighted by molar-refractivity contribution is 6.33. The van der Waals surface area contributed by atoms with E-state index in [9.17, 15) is 10.1 Å². The van der Waals surface area contributed by atoms with Gasteiger partial charge in [-0.05, 0) is 25.1 Å². The lowest BCUT2D eigenvalue weighted by Gasteiger charge is -2.00. The maximum atomic E-state index is 10.8. The number of aryl methyl sites for hydroxylation is 1. The fourth-order valence-electron chi connectivity index (χ4n) is 2.64. The second-order valence-electron chi connectivity index (χ2n) is 5.67. The summed E-state index contributed by atoms with van der Waals surface area (Å²) in [5.41, 5.74) is 2.30. The SMILES string of the molecule is Cc1onc(-c2ccccc2Cl)c1-c1nc(-c2ccc([N+](=O)[O-])cc2)no1. The van der Waals surface area contributed by atoms with E-state index in [-0.39, 0.29) is 11.6 Å². The van der Waals surface area contributed by atoms with Crippen LogP contribution in [-0.4, -0.2) is 20.2 Å². The first-order chi connectivity index (χ1) is 13.0. The molecule has 4 rings (SSSR count). The number of halogens is 1. The van der Waals surface area contributed by atoms with Crippen LogP contribution in [0, 0.1) is 17.0 Å². The Morgan fingerprint density at radius 3 is 2.48 bits per heavy atom. The number of nitro benzene ring substituents is 1. The Kier molecular flexibility index (Phi) is 4.17. The van der Waals surface area contributed by atoms with Gasteiger partial charge in [-0.2, -0.15) is 4.98 Å². The third-order valence-electron chi connectivity index (χ3n) is 3.97. The van der Waals surface area contributed by atoms with Crippen LogP contribution < -0.4 is 0 Å². The van der Waals surface area contributed by atoms with Gasteiger partial charge in [-0.25, -0.2) is 0 Å². The maximum absolute atomic E-state index is 10.8. The van der Waals surface area contributed by atoms with E-state index in [0.717, 1.165) is 0 Å². The minimum absolute atomic E-state index is 0.0154. The summed E-state index contributed by atoms with van der Waals surface area (Å²) in [4.78, 5) is 14.7. The molecule has 0 aliphatic carbocycles. The fourth-order valence-corrected chi connectivity index (χ4v) is 2.86. The molecule has 0 amide bonds. The summed E-state index contributed by atoms with van der Waals surface area (Å²) in [6.45, 7) is 1.73. The zero-order valence-corrected chi connectivity index (χ0v) is 14.7. The van der Waals surface area contributed by atoms with Crippen LogP contribution in [0.2, 0.25) is 5.02 Å². The molecule has 0 saturated carbocycles. The van der Waals surface area contributed by atoms with Gasteiger partial charge in [0.05, 0.1) is 9.95 Å². The van der Waals surface area contributed by atoms with Crippen LogP contribution in [0.1, 0.15) is 5.76 Å². The average Bonchev–Trinajstić information content (AvgIpc) is 3.29. The predicted octanol–water partition coefficient (Wildman–Crippen LogP) is 4.93. The molecule has 0 unspecified atom stereocenters. The topological polar surface area (TPSA) is 108 Å². The van der Waals surface area contributed by atoms with Crippen molar-refractivity contribution < 1.29 is 14.0 Å². The number of nitro groups is 1. The third kappa shape index (κ3) is 3.06. The van der Waals surface area contributed by atoms with Gasteiger partial charge in [0, 0.05) is 23.3 Å². The fraction of sp³-hybridized carbons (Fsp3) is 0.0556. The smallest absolute Gasteiger partial charge is 0.269 e. The van der Waals surface area contributed by atoms with Crippen molar-refractivity contribution >= 4 is 17.3 Å². The minimum Gasteiger partial charge on any atom is -0.360 e. The van der Waals surface area contributed by atoms with Crippen LogP contribution >= 0.6 is 11.6 Å². The van der Waals surface area contributed by atoms with Crippen LogP contribution in [0.25, 0.3) is 34.1 Å². The minimum atomic E-state index is -0.470. The second kappa shape index (κ2) is 6.65. The first kappa shape index (κ1) is 16.9. The van der Waals surface area contributed by atoms with Crippen LogP contribution in [-0.2, 0) is 0 Å². The van der Waals surface area contributed by atoms with E-state index in [2.05, 4.69) is 15.3 Å². The predicted molar refractivity (Wildman–Crippen MR) is 97.1 cm³/mol. The molecule has 0 aliphatic heterocycles. The summed E-state index contributed by atoms with van der Waals surface area (Å²) >= 11 is 6.27. The lowest BCUT2D eigenvalue weighted by atomic mass is 10.1. The molecule has 0 atom stereocenters. The lowest BCUT2D eigenvalue weighted by Crippen LogP contribution is -1.88. The molecule has 0 aliphatic rings. The van der Waals surface area contributed by atoms with Crippen LogP contribution in [0.15, 0.2) is 57.6 Å². The molecule has 2 heterocycles. The first-order valence-electron chi connectivity index (χ1n) is 7.84. The molecule has 0 saturated heterocycles. The molecule has 0 N–H and O–H groups in total. The Morgan fingerprint density at radius 2 is 1.78 bits per heavy atom. The molecule has 9 heteroatoms. The first-order valence-corrected chi connectivity index (χ1v) is 8.22. The lowest BCUT2D eigenvalue weighted by molar-refractivity contribution is -0.384. The van der Waals surface area contributed by atoms with E-state index in [1.807, 2.05) is 18.2 Å². The number of non-ortho nitro benzene ring substituents is 1. The van der Waals surface area contributed by atoms with Gasteiger partial charge in [0.15, 0.2) is 0 Å². The largest absolute Gasteiger partial charge is 0.360 e. The highest BCUT2D eigenvalue weighted by atomic mass is 35.5. The van der Waals surface area contributed by atoms with Crippen molar-refractivity contribution in [2.24, 2.45) is 0 Å². The average molecular weight is 383 g/mol. The number of benzene rings is 2. The molecule has 134 valence electrons. The third-order valence-corrected chi connectivity index (χ3v) is 4.30. The van der Waals surface area contributed by atoms with Gasteiger partial charge >= 0.3 is 0 Å². The number of hydrogen-bond acceptors (Lipinski definition) is 7. The van der Waals surface area contributed by atoms with Crippen LogP contribution in [0.3, 0.4) is 0 Å². The van der Waals surface area contributed by atoms with E-state index in [4.69, 9.17) is 20.6 Å². The molecule has 0 radical (unpaired) electrons. The van der Waals surface area contributed by atoms with Crippen molar-refractivity contribution in [2.75, 3.05) is 0 Å². The maximum Gasteiger partial charge on any atom is 0.269 e. The highest BCUT2D eigenvalue weighted by Gasteiger charge is 2.23. The summed E-state index contributed by atoms with van der Waals surface area (Å²) in [5, 5.41) is 19.3. The number of hydrogen-bond donors (Lipinski definition) is 0. The molecule has 0 spiro atoms. The van der Waals surface area contributed by atoms with Crippen molar-refractivity contribution in [1.29, 1.82) is 0 Å². The Hall–Kier alpha value is -3.52. The molecule has 0 fully saturated rings. The van der Waals surface area contributed by atoms with Gasteiger partial charge in [0.25, 0.3) is 11.6 Å². The summed E-state index contributed by atoms with van der Waals surface area (Å²) in [6, 6.07) is 13.1. The van der Waals surface area contributed by atoms with Gasteiger partial charge in [0.1, 0.15) is 17.0 Å². The summed E-state index contributed by atoms with van der Waals surface area (Å²) in [6.07, 6.45) is 0. The van der Waals surface area contributed by atoms with Gasteiger partial charge in [-0.15, -0.1) is 0 Å². The number of nitrogens with zero attached hydrogens (tertiary/aromatic N) is 4. The van der Waals surface area contributed by atoms with Gasteiger partial charge in [0.2, 0.25) is 5.82 Å². The monoisotopic (exact) mass is 382 g/mol. The van der Waals surface area contributed by atoms with Gasteiger partial charge < -0.3 is 9.05 Å². The number of aromatic nitrogens is 3. The van der Waals surface area contributed by atoms with E-state index in [0.29, 0.717) is 39.0 Å². The normalized spacial score (nSPS) is 10.9. The van der Waals surface area contributed by atoms with Gasteiger partial charge in [-0.1, -0.05) is 40.1 Å². The standard InChI is InChI=1S/C18H11ClN4O4/c1-10-15(16(21-26-10)13-4-2-3-5-14(13)19)18-20-17(22-27-18)11-6-8-12(9-7-11)23(24)25/h2-9H,1H3. The molecule has 0 bridgehead atoms. The Balaban J connectivity index is 1.75. The van der Waals surface area contributed by atoms with E-state index in [1.165, 1.54) is 12.1 Å². The van der Waals surface area contributed by atoms with Crippen LogP contribution in [0.4, 0.5) is 5.69 Å². The summed E-state index contributed by atoms with van der Waals surface area (Å²) < 4.78 is 10.7. The number of rotatable bonds is 4. The van der Waals surface area contributed by atoms with Crippen molar-refractivity contribution in [1.82, 2.24) is 15.3 Å².